The van der Waals surface area contributed by atoms with Crippen LogP contribution in [-0.4, -0.2) is 16.9 Å². The highest BCUT2D eigenvalue weighted by atomic mass is 16.6. The molecular formula is C18H20N2O4. The summed E-state index contributed by atoms with van der Waals surface area (Å²) in [6.45, 7) is 5.50. The van der Waals surface area contributed by atoms with Gasteiger partial charge in [0.2, 0.25) is 0 Å². The third-order valence-corrected chi connectivity index (χ3v) is 3.72. The molecule has 0 fully saturated rings. The maximum atomic E-state index is 12.4. The summed E-state index contributed by atoms with van der Waals surface area (Å²) in [7, 11) is 0. The highest BCUT2D eigenvalue weighted by Crippen LogP contribution is 2.27. The molecule has 1 unspecified atom stereocenters. The van der Waals surface area contributed by atoms with Crippen molar-refractivity contribution in [1.29, 1.82) is 0 Å². The van der Waals surface area contributed by atoms with Gasteiger partial charge in [0.1, 0.15) is 0 Å². The van der Waals surface area contributed by atoms with Gasteiger partial charge in [-0.2, -0.15) is 0 Å². The first-order valence-electron chi connectivity index (χ1n) is 7.73. The van der Waals surface area contributed by atoms with Gasteiger partial charge in [-0.3, -0.25) is 14.9 Å². The van der Waals surface area contributed by atoms with Crippen LogP contribution in [0.1, 0.15) is 25.0 Å². The van der Waals surface area contributed by atoms with E-state index in [0.717, 1.165) is 23.2 Å². The average molecular weight is 328 g/mol. The number of hydrogen-bond donors (Lipinski definition) is 1. The third kappa shape index (κ3) is 3.90. The van der Waals surface area contributed by atoms with E-state index in [2.05, 4.69) is 5.32 Å². The molecule has 0 aliphatic heterocycles. The van der Waals surface area contributed by atoms with E-state index in [9.17, 15) is 14.9 Å². The Labute approximate surface area is 140 Å². The Morgan fingerprint density at radius 2 is 1.96 bits per heavy atom. The van der Waals surface area contributed by atoms with Crippen molar-refractivity contribution in [3.05, 3.63) is 63.7 Å². The molecule has 0 heterocycles. The molecule has 126 valence electrons. The standard InChI is InChI=1S/C18H20N2O4/c1-4-14-9-7-8-12(2)17(14)19-18(21)13(3)24-16-11-6-5-10-15(16)20(22)23/h5-11,13H,4H2,1-3H3,(H,19,21). The lowest BCUT2D eigenvalue weighted by Crippen LogP contribution is -2.31. The Bertz CT molecular complexity index is 758. The summed E-state index contributed by atoms with van der Waals surface area (Å²) in [5.41, 5.74) is 2.59. The Balaban J connectivity index is 2.16. The van der Waals surface area contributed by atoms with E-state index in [1.54, 1.807) is 19.1 Å². The zero-order valence-corrected chi connectivity index (χ0v) is 13.9. The largest absolute Gasteiger partial charge is 0.474 e. The summed E-state index contributed by atoms with van der Waals surface area (Å²) >= 11 is 0. The van der Waals surface area contributed by atoms with E-state index in [1.165, 1.54) is 12.1 Å². The summed E-state index contributed by atoms with van der Waals surface area (Å²) in [6.07, 6.45) is -0.0770. The number of aryl methyl sites for hydroxylation is 2. The number of benzene rings is 2. The second-order valence-corrected chi connectivity index (χ2v) is 5.44. The van der Waals surface area contributed by atoms with Crippen molar-refractivity contribution in [3.8, 4) is 5.75 Å². The van der Waals surface area contributed by atoms with Gasteiger partial charge >= 0.3 is 5.69 Å². The lowest BCUT2D eigenvalue weighted by atomic mass is 10.1. The van der Waals surface area contributed by atoms with Gasteiger partial charge in [-0.1, -0.05) is 37.3 Å². The molecule has 0 aliphatic carbocycles. The number of carbonyl (C=O) groups is 1. The summed E-state index contributed by atoms with van der Waals surface area (Å²) in [6, 6.07) is 11.8. The van der Waals surface area contributed by atoms with E-state index in [4.69, 9.17) is 4.74 Å². The van der Waals surface area contributed by atoms with Gasteiger partial charge in [0, 0.05) is 11.8 Å². The minimum Gasteiger partial charge on any atom is -0.474 e. The Morgan fingerprint density at radius 3 is 2.62 bits per heavy atom. The Hall–Kier alpha value is -2.89. The van der Waals surface area contributed by atoms with E-state index in [1.807, 2.05) is 32.0 Å². The van der Waals surface area contributed by atoms with Crippen LogP contribution < -0.4 is 10.1 Å². The second-order valence-electron chi connectivity index (χ2n) is 5.44. The van der Waals surface area contributed by atoms with Crippen LogP contribution in [0, 0.1) is 17.0 Å². The molecule has 0 spiro atoms. The number of nitro groups is 1. The van der Waals surface area contributed by atoms with Crippen LogP contribution in [0.5, 0.6) is 5.75 Å². The molecule has 1 atom stereocenters. The number of anilines is 1. The van der Waals surface area contributed by atoms with Gasteiger partial charge in [0.05, 0.1) is 4.92 Å². The topological polar surface area (TPSA) is 81.5 Å². The minimum absolute atomic E-state index is 0.0747. The smallest absolute Gasteiger partial charge is 0.310 e. The van der Waals surface area contributed by atoms with Gasteiger partial charge in [-0.15, -0.1) is 0 Å². The van der Waals surface area contributed by atoms with Crippen LogP contribution in [-0.2, 0) is 11.2 Å². The Morgan fingerprint density at radius 1 is 1.25 bits per heavy atom. The molecule has 0 aromatic heterocycles. The molecule has 2 aromatic rings. The fourth-order valence-electron chi connectivity index (χ4n) is 2.38. The van der Waals surface area contributed by atoms with Crippen molar-refractivity contribution in [2.24, 2.45) is 0 Å². The predicted molar refractivity (Wildman–Crippen MR) is 92.4 cm³/mol. The molecular weight excluding hydrogens is 308 g/mol. The van der Waals surface area contributed by atoms with Gasteiger partial charge in [-0.05, 0) is 37.5 Å². The molecule has 2 rings (SSSR count). The first-order valence-corrected chi connectivity index (χ1v) is 7.73. The number of nitrogens with one attached hydrogen (secondary N) is 1. The van der Waals surface area contributed by atoms with Crippen LogP contribution in [0.4, 0.5) is 11.4 Å². The zero-order valence-electron chi connectivity index (χ0n) is 13.9. The minimum atomic E-state index is -0.865. The first kappa shape index (κ1) is 17.5. The summed E-state index contributed by atoms with van der Waals surface area (Å²) in [5, 5.41) is 13.9. The second kappa shape index (κ2) is 7.59. The molecule has 2 aromatic carbocycles. The summed E-state index contributed by atoms with van der Waals surface area (Å²) in [5.74, 6) is -0.275. The molecule has 0 bridgehead atoms. The average Bonchev–Trinajstić information content (AvgIpc) is 2.56. The molecule has 0 saturated carbocycles. The number of hydrogen-bond acceptors (Lipinski definition) is 4. The monoisotopic (exact) mass is 328 g/mol. The van der Waals surface area contributed by atoms with E-state index in [0.29, 0.717) is 0 Å². The Kier molecular flexibility index (Phi) is 5.52. The van der Waals surface area contributed by atoms with Crippen molar-refractivity contribution in [2.45, 2.75) is 33.3 Å². The zero-order chi connectivity index (χ0) is 17.7. The van der Waals surface area contributed by atoms with Crippen molar-refractivity contribution >= 4 is 17.3 Å². The maximum Gasteiger partial charge on any atom is 0.310 e. The summed E-state index contributed by atoms with van der Waals surface area (Å²) < 4.78 is 5.50. The van der Waals surface area contributed by atoms with Gasteiger partial charge in [0.15, 0.2) is 11.9 Å². The van der Waals surface area contributed by atoms with Crippen LogP contribution in [0.3, 0.4) is 0 Å². The molecule has 0 radical (unpaired) electrons. The van der Waals surface area contributed by atoms with E-state index >= 15 is 0 Å². The van der Waals surface area contributed by atoms with Crippen molar-refractivity contribution in [3.63, 3.8) is 0 Å². The van der Waals surface area contributed by atoms with Crippen LogP contribution in [0.2, 0.25) is 0 Å². The molecule has 0 aliphatic rings. The fourth-order valence-corrected chi connectivity index (χ4v) is 2.38. The lowest BCUT2D eigenvalue weighted by Gasteiger charge is -2.17. The number of para-hydroxylation sites is 3. The third-order valence-electron chi connectivity index (χ3n) is 3.72. The maximum absolute atomic E-state index is 12.4. The molecule has 6 nitrogen and oxygen atoms in total. The molecule has 1 amide bonds. The van der Waals surface area contributed by atoms with Gasteiger partial charge in [0.25, 0.3) is 5.91 Å². The summed E-state index contributed by atoms with van der Waals surface area (Å²) in [4.78, 5) is 22.9. The SMILES string of the molecule is CCc1cccc(C)c1NC(=O)C(C)Oc1ccccc1[N+](=O)[O-]. The highest BCUT2D eigenvalue weighted by Gasteiger charge is 2.21. The molecule has 24 heavy (non-hydrogen) atoms. The van der Waals surface area contributed by atoms with Crippen LogP contribution >= 0.6 is 0 Å². The van der Waals surface area contributed by atoms with Crippen molar-refractivity contribution in [1.82, 2.24) is 0 Å². The normalized spacial score (nSPS) is 11.6. The lowest BCUT2D eigenvalue weighted by molar-refractivity contribution is -0.386. The van der Waals surface area contributed by atoms with Gasteiger partial charge in [-0.25, -0.2) is 0 Å². The van der Waals surface area contributed by atoms with Crippen molar-refractivity contribution in [2.75, 3.05) is 5.32 Å². The molecule has 1 N–H and O–H groups in total. The number of ether oxygens (including phenoxy) is 1. The molecule has 6 heteroatoms. The number of nitro benzene ring substituents is 1. The van der Waals surface area contributed by atoms with Gasteiger partial charge < -0.3 is 10.1 Å². The fraction of sp³-hybridized carbons (Fsp3) is 0.278. The number of amides is 1. The van der Waals surface area contributed by atoms with Crippen molar-refractivity contribution < 1.29 is 14.5 Å². The number of nitrogens with zero attached hydrogens (tertiary/aromatic N) is 1. The predicted octanol–water partition coefficient (Wildman–Crippen LogP) is 3.87. The quantitative estimate of drug-likeness (QED) is 0.644. The highest BCUT2D eigenvalue weighted by molar-refractivity contribution is 5.95. The van der Waals surface area contributed by atoms with Crippen LogP contribution in [0.15, 0.2) is 42.5 Å². The first-order chi connectivity index (χ1) is 11.4. The van der Waals surface area contributed by atoms with E-state index < -0.39 is 11.0 Å². The number of rotatable bonds is 6. The van der Waals surface area contributed by atoms with Crippen LogP contribution in [0.25, 0.3) is 0 Å². The molecule has 0 saturated heterocycles. The number of carbonyl (C=O) groups excluding carboxylic acids is 1. The van der Waals surface area contributed by atoms with E-state index in [-0.39, 0.29) is 17.3 Å².